The summed E-state index contributed by atoms with van der Waals surface area (Å²) in [5, 5.41) is 7.02. The predicted octanol–water partition coefficient (Wildman–Crippen LogP) is 5.29. The molecule has 4 aromatic rings. The first-order chi connectivity index (χ1) is 19.1. The SMILES string of the molecule is C/C(=N/NC(=O)CN(c1ccc(C)cc1C)S(=O)(=O)c1ccccc1)c1ccc(NC(=O)c2ccccc2)cc1. The van der Waals surface area contributed by atoms with E-state index in [0.717, 1.165) is 21.0 Å². The average molecular weight is 555 g/mol. The molecule has 0 aromatic heterocycles. The van der Waals surface area contributed by atoms with Crippen LogP contribution >= 0.6 is 0 Å². The molecule has 0 unspecified atom stereocenters. The van der Waals surface area contributed by atoms with E-state index in [0.29, 0.717) is 22.6 Å². The van der Waals surface area contributed by atoms with Crippen LogP contribution in [0.2, 0.25) is 0 Å². The Labute approximate surface area is 234 Å². The molecule has 2 amide bonds. The van der Waals surface area contributed by atoms with Crippen molar-refractivity contribution in [2.24, 2.45) is 5.10 Å². The van der Waals surface area contributed by atoms with Gasteiger partial charge in [-0.3, -0.25) is 13.9 Å². The van der Waals surface area contributed by atoms with E-state index in [1.165, 1.54) is 12.1 Å². The van der Waals surface area contributed by atoms with Gasteiger partial charge in [0, 0.05) is 11.3 Å². The summed E-state index contributed by atoms with van der Waals surface area (Å²) in [5.74, 6) is -0.810. The van der Waals surface area contributed by atoms with Crippen LogP contribution in [-0.2, 0) is 14.8 Å². The van der Waals surface area contributed by atoms with Crippen molar-refractivity contribution in [2.75, 3.05) is 16.2 Å². The Balaban J connectivity index is 1.48. The minimum absolute atomic E-state index is 0.0851. The predicted molar refractivity (Wildman–Crippen MR) is 158 cm³/mol. The molecule has 0 heterocycles. The number of sulfonamides is 1. The summed E-state index contributed by atoms with van der Waals surface area (Å²) in [7, 11) is -4.02. The van der Waals surface area contributed by atoms with Gasteiger partial charge in [-0.25, -0.2) is 13.8 Å². The maximum atomic E-state index is 13.5. The molecule has 0 aliphatic carbocycles. The standard InChI is InChI=1S/C31H30N4O4S/c1-22-14-19-29(23(2)20-22)35(40(38,39)28-12-8-5-9-13-28)21-30(36)34-33-24(3)25-15-17-27(18-16-25)32-31(37)26-10-6-4-7-11-26/h4-20H,21H2,1-3H3,(H,32,37)(H,34,36)/b33-24-. The third-order valence-electron chi connectivity index (χ3n) is 6.18. The highest BCUT2D eigenvalue weighted by atomic mass is 32.2. The lowest BCUT2D eigenvalue weighted by Crippen LogP contribution is -2.40. The van der Waals surface area contributed by atoms with Crippen LogP contribution in [0, 0.1) is 13.8 Å². The van der Waals surface area contributed by atoms with E-state index in [1.54, 1.807) is 79.7 Å². The maximum absolute atomic E-state index is 13.5. The van der Waals surface area contributed by atoms with Crippen molar-refractivity contribution in [3.05, 3.63) is 125 Å². The number of hydrogen-bond donors (Lipinski definition) is 2. The van der Waals surface area contributed by atoms with E-state index >= 15 is 0 Å². The van der Waals surface area contributed by atoms with E-state index in [2.05, 4.69) is 15.8 Å². The number of aryl methyl sites for hydroxylation is 2. The van der Waals surface area contributed by atoms with Crippen LogP contribution in [0.25, 0.3) is 0 Å². The summed E-state index contributed by atoms with van der Waals surface area (Å²) in [5.41, 5.74) is 7.00. The molecule has 0 bridgehead atoms. The van der Waals surface area contributed by atoms with Crippen molar-refractivity contribution in [3.8, 4) is 0 Å². The maximum Gasteiger partial charge on any atom is 0.264 e. The summed E-state index contributed by atoms with van der Waals surface area (Å²) in [4.78, 5) is 25.4. The Hall–Kier alpha value is -4.76. The third-order valence-corrected chi connectivity index (χ3v) is 7.96. The molecule has 2 N–H and O–H groups in total. The van der Waals surface area contributed by atoms with Crippen LogP contribution in [-0.4, -0.2) is 32.5 Å². The van der Waals surface area contributed by atoms with Gasteiger partial charge in [-0.05, 0) is 74.4 Å². The number of carbonyl (C=O) groups is 2. The Morgan fingerprint density at radius 1 is 0.800 bits per heavy atom. The monoisotopic (exact) mass is 554 g/mol. The lowest BCUT2D eigenvalue weighted by atomic mass is 10.1. The highest BCUT2D eigenvalue weighted by Gasteiger charge is 2.28. The van der Waals surface area contributed by atoms with Gasteiger partial charge in [-0.2, -0.15) is 5.10 Å². The molecule has 0 aliphatic heterocycles. The molecule has 204 valence electrons. The van der Waals surface area contributed by atoms with Gasteiger partial charge in [0.25, 0.3) is 21.8 Å². The van der Waals surface area contributed by atoms with E-state index in [4.69, 9.17) is 0 Å². The van der Waals surface area contributed by atoms with Gasteiger partial charge >= 0.3 is 0 Å². The molecule has 0 radical (unpaired) electrons. The molecule has 40 heavy (non-hydrogen) atoms. The molecule has 4 aromatic carbocycles. The molecular formula is C31H30N4O4S. The molecule has 0 atom stereocenters. The van der Waals surface area contributed by atoms with Crippen LogP contribution < -0.4 is 15.0 Å². The Morgan fingerprint density at radius 3 is 2.05 bits per heavy atom. The minimum atomic E-state index is -4.02. The normalized spacial score (nSPS) is 11.5. The zero-order chi connectivity index (χ0) is 28.7. The number of rotatable bonds is 9. The van der Waals surface area contributed by atoms with Crippen LogP contribution in [0.15, 0.2) is 113 Å². The first-order valence-corrected chi connectivity index (χ1v) is 14.0. The molecule has 0 spiro atoms. The summed E-state index contributed by atoms with van der Waals surface area (Å²) >= 11 is 0. The minimum Gasteiger partial charge on any atom is -0.322 e. The molecule has 0 saturated carbocycles. The highest BCUT2D eigenvalue weighted by molar-refractivity contribution is 7.92. The van der Waals surface area contributed by atoms with Crippen molar-refractivity contribution >= 4 is 38.9 Å². The lowest BCUT2D eigenvalue weighted by Gasteiger charge is -2.25. The number of hydrazone groups is 1. The van der Waals surface area contributed by atoms with E-state index < -0.39 is 22.5 Å². The number of nitrogens with one attached hydrogen (secondary N) is 2. The molecule has 9 heteroatoms. The molecule has 0 saturated heterocycles. The zero-order valence-corrected chi connectivity index (χ0v) is 23.3. The van der Waals surface area contributed by atoms with E-state index in [-0.39, 0.29) is 10.8 Å². The van der Waals surface area contributed by atoms with Gasteiger partial charge in [-0.15, -0.1) is 0 Å². The fourth-order valence-corrected chi connectivity index (χ4v) is 5.58. The van der Waals surface area contributed by atoms with Crippen LogP contribution in [0.3, 0.4) is 0 Å². The topological polar surface area (TPSA) is 108 Å². The van der Waals surface area contributed by atoms with Crippen molar-refractivity contribution in [3.63, 3.8) is 0 Å². The van der Waals surface area contributed by atoms with Crippen molar-refractivity contribution in [1.29, 1.82) is 0 Å². The van der Waals surface area contributed by atoms with Crippen molar-refractivity contribution in [2.45, 2.75) is 25.7 Å². The lowest BCUT2D eigenvalue weighted by molar-refractivity contribution is -0.119. The Kier molecular flexibility index (Phi) is 8.76. The van der Waals surface area contributed by atoms with Gasteiger partial charge in [0.2, 0.25) is 0 Å². The van der Waals surface area contributed by atoms with Gasteiger partial charge in [0.15, 0.2) is 0 Å². The zero-order valence-electron chi connectivity index (χ0n) is 22.5. The highest BCUT2D eigenvalue weighted by Crippen LogP contribution is 2.27. The number of anilines is 2. The van der Waals surface area contributed by atoms with Gasteiger partial charge in [0.1, 0.15) is 6.54 Å². The van der Waals surface area contributed by atoms with Crippen molar-refractivity contribution < 1.29 is 18.0 Å². The summed E-state index contributed by atoms with van der Waals surface area (Å²) < 4.78 is 28.2. The molecule has 0 fully saturated rings. The average Bonchev–Trinajstić information content (AvgIpc) is 2.96. The largest absolute Gasteiger partial charge is 0.322 e. The second kappa shape index (κ2) is 12.4. The third kappa shape index (κ3) is 6.81. The van der Waals surface area contributed by atoms with Gasteiger partial charge in [0.05, 0.1) is 16.3 Å². The number of amides is 2. The van der Waals surface area contributed by atoms with Crippen LogP contribution in [0.5, 0.6) is 0 Å². The Morgan fingerprint density at radius 2 is 1.43 bits per heavy atom. The molecule has 0 aliphatic rings. The quantitative estimate of drug-likeness (QED) is 0.216. The molecule has 4 rings (SSSR count). The molecular weight excluding hydrogens is 524 g/mol. The fraction of sp³-hybridized carbons (Fsp3) is 0.129. The van der Waals surface area contributed by atoms with Gasteiger partial charge < -0.3 is 5.32 Å². The second-order valence-corrected chi connectivity index (χ2v) is 11.1. The first kappa shape index (κ1) is 28.3. The number of nitrogens with zero attached hydrogens (tertiary/aromatic N) is 2. The summed E-state index contributed by atoms with van der Waals surface area (Å²) in [6.07, 6.45) is 0. The summed E-state index contributed by atoms with van der Waals surface area (Å²) in [6.45, 7) is 4.99. The van der Waals surface area contributed by atoms with Crippen LogP contribution in [0.4, 0.5) is 11.4 Å². The smallest absolute Gasteiger partial charge is 0.264 e. The van der Waals surface area contributed by atoms with E-state index in [9.17, 15) is 18.0 Å². The number of benzene rings is 4. The fourth-order valence-electron chi connectivity index (χ4n) is 4.07. The second-order valence-electron chi connectivity index (χ2n) is 9.24. The first-order valence-electron chi connectivity index (χ1n) is 12.6. The van der Waals surface area contributed by atoms with Gasteiger partial charge in [-0.1, -0.05) is 66.2 Å². The number of hydrogen-bond acceptors (Lipinski definition) is 5. The van der Waals surface area contributed by atoms with Crippen LogP contribution in [0.1, 0.15) is 34.0 Å². The summed E-state index contributed by atoms with van der Waals surface area (Å²) in [6, 6.07) is 29.3. The Bertz CT molecular complexity index is 1640. The van der Waals surface area contributed by atoms with E-state index in [1.807, 2.05) is 32.0 Å². The van der Waals surface area contributed by atoms with Crippen molar-refractivity contribution in [1.82, 2.24) is 5.43 Å². The number of carbonyl (C=O) groups excluding carboxylic acids is 2. The molecule has 8 nitrogen and oxygen atoms in total.